The van der Waals surface area contributed by atoms with E-state index in [-0.39, 0.29) is 12.0 Å². The molecule has 0 unspecified atom stereocenters. The molecule has 0 spiro atoms. The summed E-state index contributed by atoms with van der Waals surface area (Å²) < 4.78 is 7.38. The van der Waals surface area contributed by atoms with Gasteiger partial charge in [0.05, 0.1) is 18.2 Å². The zero-order valence-electron chi connectivity index (χ0n) is 9.77. The van der Waals surface area contributed by atoms with Crippen LogP contribution in [0.5, 0.6) is 0 Å². The number of aromatic nitrogens is 3. The molecule has 5 nitrogen and oxygen atoms in total. The zero-order chi connectivity index (χ0) is 12.6. The van der Waals surface area contributed by atoms with Crippen LogP contribution < -0.4 is 0 Å². The first-order chi connectivity index (χ1) is 8.04. The molecule has 2 heterocycles. The highest BCUT2D eigenvalue weighted by molar-refractivity contribution is 14.1. The topological polar surface area (TPSA) is 57.0 Å². The number of nitrogens with zero attached hydrogens (tertiary/aromatic N) is 3. The third-order valence-electron chi connectivity index (χ3n) is 2.42. The van der Waals surface area contributed by atoms with E-state index in [9.17, 15) is 4.79 Å². The zero-order valence-corrected chi connectivity index (χ0v) is 11.9. The Morgan fingerprint density at radius 2 is 2.24 bits per heavy atom. The summed E-state index contributed by atoms with van der Waals surface area (Å²) in [5, 5.41) is 4.40. The lowest BCUT2D eigenvalue weighted by atomic mass is 10.2. The Morgan fingerprint density at radius 1 is 1.53 bits per heavy atom. The summed E-state index contributed by atoms with van der Waals surface area (Å²) in [4.78, 5) is 15.7. The maximum absolute atomic E-state index is 11.5. The van der Waals surface area contributed by atoms with E-state index in [1.807, 2.05) is 18.5 Å². The van der Waals surface area contributed by atoms with Crippen LogP contribution >= 0.6 is 22.6 Å². The summed E-state index contributed by atoms with van der Waals surface area (Å²) >= 11 is 2.14. The number of hydrogen-bond acceptors (Lipinski definition) is 4. The molecule has 2 aromatic heterocycles. The second-order valence-electron chi connectivity index (χ2n) is 3.91. The average Bonchev–Trinajstić information content (AvgIpc) is 2.65. The molecule has 0 saturated heterocycles. The Morgan fingerprint density at radius 3 is 2.82 bits per heavy atom. The molecule has 2 rings (SSSR count). The molecule has 0 fully saturated rings. The van der Waals surface area contributed by atoms with Gasteiger partial charge in [-0.15, -0.1) is 0 Å². The van der Waals surface area contributed by atoms with Crippen molar-refractivity contribution in [1.29, 1.82) is 0 Å². The van der Waals surface area contributed by atoms with Gasteiger partial charge in [-0.25, -0.2) is 4.79 Å². The number of ether oxygens (including phenoxy) is 1. The molecular weight excluding hydrogens is 333 g/mol. The van der Waals surface area contributed by atoms with Crippen molar-refractivity contribution in [2.24, 2.45) is 0 Å². The molecule has 0 saturated carbocycles. The fourth-order valence-corrected chi connectivity index (χ4v) is 2.25. The summed E-state index contributed by atoms with van der Waals surface area (Å²) in [5.41, 5.74) is 2.11. The van der Waals surface area contributed by atoms with Crippen molar-refractivity contribution in [2.75, 3.05) is 7.11 Å². The maximum Gasteiger partial charge on any atom is 0.339 e. The number of carbonyl (C=O) groups excluding carboxylic acids is 1. The second kappa shape index (κ2) is 4.59. The van der Waals surface area contributed by atoms with E-state index in [4.69, 9.17) is 0 Å². The molecule has 0 amide bonds. The molecule has 0 bridgehead atoms. The van der Waals surface area contributed by atoms with Gasteiger partial charge in [0, 0.05) is 12.2 Å². The van der Waals surface area contributed by atoms with Gasteiger partial charge in [0.1, 0.15) is 9.22 Å². The van der Waals surface area contributed by atoms with E-state index in [0.29, 0.717) is 5.56 Å². The number of fused-ring (bicyclic) bond motifs is 1. The van der Waals surface area contributed by atoms with Crippen LogP contribution in [0.25, 0.3) is 11.0 Å². The molecule has 90 valence electrons. The Balaban J connectivity index is 2.66. The maximum atomic E-state index is 11.5. The van der Waals surface area contributed by atoms with Gasteiger partial charge in [0.25, 0.3) is 0 Å². The largest absolute Gasteiger partial charge is 0.465 e. The first-order valence-electron chi connectivity index (χ1n) is 5.16. The highest BCUT2D eigenvalue weighted by Gasteiger charge is 2.15. The fraction of sp³-hybridized carbons (Fsp3) is 0.364. The van der Waals surface area contributed by atoms with Gasteiger partial charge in [0.15, 0.2) is 0 Å². The minimum absolute atomic E-state index is 0.218. The summed E-state index contributed by atoms with van der Waals surface area (Å²) in [6.07, 6.45) is 1.52. The normalized spacial score (nSPS) is 11.1. The van der Waals surface area contributed by atoms with E-state index in [1.165, 1.54) is 13.3 Å². The molecule has 0 radical (unpaired) electrons. The Hall–Kier alpha value is -1.18. The van der Waals surface area contributed by atoms with Crippen molar-refractivity contribution in [1.82, 2.24) is 14.8 Å². The summed E-state index contributed by atoms with van der Waals surface area (Å²) in [5.74, 6) is -0.383. The predicted molar refractivity (Wildman–Crippen MR) is 72.0 cm³/mol. The van der Waals surface area contributed by atoms with E-state index in [1.54, 1.807) is 6.07 Å². The number of rotatable bonds is 2. The van der Waals surface area contributed by atoms with Crippen LogP contribution in [0.2, 0.25) is 0 Å². The van der Waals surface area contributed by atoms with Crippen LogP contribution in [0, 0.1) is 3.70 Å². The van der Waals surface area contributed by atoms with Crippen molar-refractivity contribution in [3.63, 3.8) is 0 Å². The molecule has 0 aliphatic rings. The molecule has 0 atom stereocenters. The van der Waals surface area contributed by atoms with Crippen molar-refractivity contribution >= 4 is 39.6 Å². The number of esters is 1. The van der Waals surface area contributed by atoms with Gasteiger partial charge in [-0.05, 0) is 42.5 Å². The average molecular weight is 345 g/mol. The third kappa shape index (κ3) is 2.13. The van der Waals surface area contributed by atoms with Crippen LogP contribution in [0.15, 0.2) is 12.3 Å². The van der Waals surface area contributed by atoms with Gasteiger partial charge in [-0.2, -0.15) is 5.10 Å². The monoisotopic (exact) mass is 345 g/mol. The van der Waals surface area contributed by atoms with Crippen molar-refractivity contribution in [3.05, 3.63) is 21.5 Å². The lowest BCUT2D eigenvalue weighted by Gasteiger charge is -2.06. The first kappa shape index (κ1) is 12.3. The highest BCUT2D eigenvalue weighted by Crippen LogP contribution is 2.22. The molecule has 17 heavy (non-hydrogen) atoms. The van der Waals surface area contributed by atoms with Gasteiger partial charge in [-0.1, -0.05) is 0 Å². The lowest BCUT2D eigenvalue weighted by molar-refractivity contribution is 0.0600. The summed E-state index contributed by atoms with van der Waals surface area (Å²) in [7, 11) is 1.36. The van der Waals surface area contributed by atoms with Crippen LogP contribution in [-0.2, 0) is 4.74 Å². The SMILES string of the molecule is COC(=O)c1cnc2c(I)nn(C(C)C)c2c1. The Labute approximate surface area is 112 Å². The molecule has 0 N–H and O–H groups in total. The molecule has 2 aromatic rings. The number of methoxy groups -OCH3 is 1. The fourth-order valence-electron chi connectivity index (χ4n) is 1.61. The van der Waals surface area contributed by atoms with Gasteiger partial charge in [0.2, 0.25) is 0 Å². The second-order valence-corrected chi connectivity index (χ2v) is 4.93. The molecule has 6 heteroatoms. The lowest BCUT2D eigenvalue weighted by Crippen LogP contribution is -2.05. The van der Waals surface area contributed by atoms with E-state index in [0.717, 1.165) is 14.7 Å². The minimum atomic E-state index is -0.383. The third-order valence-corrected chi connectivity index (χ3v) is 3.14. The van der Waals surface area contributed by atoms with Gasteiger partial charge in [-0.3, -0.25) is 9.67 Å². The molecule has 0 aliphatic carbocycles. The van der Waals surface area contributed by atoms with E-state index >= 15 is 0 Å². The molecule has 0 aliphatic heterocycles. The van der Waals surface area contributed by atoms with Crippen LogP contribution in [0.4, 0.5) is 0 Å². The Kier molecular flexibility index (Phi) is 3.32. The molecule has 0 aromatic carbocycles. The van der Waals surface area contributed by atoms with E-state index in [2.05, 4.69) is 37.4 Å². The predicted octanol–water partition coefficient (Wildman–Crippen LogP) is 2.40. The summed E-state index contributed by atoms with van der Waals surface area (Å²) in [6, 6.07) is 1.99. The molecular formula is C11H12IN3O2. The number of pyridine rings is 1. The van der Waals surface area contributed by atoms with Crippen molar-refractivity contribution < 1.29 is 9.53 Å². The van der Waals surface area contributed by atoms with Crippen molar-refractivity contribution in [2.45, 2.75) is 19.9 Å². The quantitative estimate of drug-likeness (QED) is 0.620. The smallest absolute Gasteiger partial charge is 0.339 e. The number of hydrogen-bond donors (Lipinski definition) is 0. The standard InChI is InChI=1S/C11H12IN3O2/c1-6(2)15-8-4-7(11(16)17-3)5-13-9(8)10(12)14-15/h4-6H,1-3H3. The first-order valence-corrected chi connectivity index (χ1v) is 6.24. The minimum Gasteiger partial charge on any atom is -0.465 e. The Bertz CT molecular complexity index is 577. The van der Waals surface area contributed by atoms with Crippen LogP contribution in [0.1, 0.15) is 30.2 Å². The van der Waals surface area contributed by atoms with Gasteiger partial charge >= 0.3 is 5.97 Å². The number of carbonyl (C=O) groups is 1. The van der Waals surface area contributed by atoms with Gasteiger partial charge < -0.3 is 4.74 Å². The highest BCUT2D eigenvalue weighted by atomic mass is 127. The number of halogens is 1. The van der Waals surface area contributed by atoms with Crippen LogP contribution in [-0.4, -0.2) is 27.8 Å². The van der Waals surface area contributed by atoms with Crippen molar-refractivity contribution in [3.8, 4) is 0 Å². The summed E-state index contributed by atoms with van der Waals surface area (Å²) in [6.45, 7) is 4.07. The van der Waals surface area contributed by atoms with E-state index < -0.39 is 0 Å². The van der Waals surface area contributed by atoms with Crippen LogP contribution in [0.3, 0.4) is 0 Å².